The topological polar surface area (TPSA) is 100.0 Å². The molecule has 0 bridgehead atoms. The number of fused-ring (bicyclic) bond motifs is 1. The molecule has 10 heteroatoms. The Bertz CT molecular complexity index is 1840. The zero-order chi connectivity index (χ0) is 33.7. The Kier molecular flexibility index (Phi) is 9.82. The molecular formula is C38H43N5O5. The summed E-state index contributed by atoms with van der Waals surface area (Å²) in [6, 6.07) is 30.1. The first kappa shape index (κ1) is 32.8. The van der Waals surface area contributed by atoms with Gasteiger partial charge in [0, 0.05) is 37.8 Å². The second kappa shape index (κ2) is 14.4. The third-order valence-corrected chi connectivity index (χ3v) is 8.25. The van der Waals surface area contributed by atoms with Crippen molar-refractivity contribution < 1.29 is 23.7 Å². The summed E-state index contributed by atoms with van der Waals surface area (Å²) < 4.78 is 25.7. The summed E-state index contributed by atoms with van der Waals surface area (Å²) in [6.45, 7) is 7.41. The van der Waals surface area contributed by atoms with Crippen molar-refractivity contribution in [3.63, 3.8) is 0 Å². The lowest BCUT2D eigenvalue weighted by atomic mass is 10.0. The number of anilines is 1. The lowest BCUT2D eigenvalue weighted by Crippen LogP contribution is -2.53. The Hall–Kier alpha value is -5.09. The smallest absolute Gasteiger partial charge is 0.410 e. The predicted molar refractivity (Wildman–Crippen MR) is 186 cm³/mol. The van der Waals surface area contributed by atoms with Gasteiger partial charge in [-0.1, -0.05) is 60.7 Å². The number of nitrogens with one attached hydrogen (secondary N) is 1. The molecule has 2 aromatic heterocycles. The maximum Gasteiger partial charge on any atom is 0.410 e. The lowest BCUT2D eigenvalue weighted by molar-refractivity contribution is -0.0101. The summed E-state index contributed by atoms with van der Waals surface area (Å²) in [5.41, 5.74) is 4.99. The standard InChI is InChI=1S/C38H43N5O5/c1-38(2,3)48-37(44)43-21-20-31(33(23-43)45-5)39-28-16-17-29-32(22-28)42(4)41-35(29)30-18-19-34(46-24-26-12-8-6-9-13-26)40-36(30)47-25-27-14-10-7-11-15-27/h6-19,22,31,33,39H,20-21,23-25H2,1-5H3/t31-,33-/m1/s1. The van der Waals surface area contributed by atoms with Crippen LogP contribution in [-0.2, 0) is 29.7 Å². The van der Waals surface area contributed by atoms with Gasteiger partial charge >= 0.3 is 6.09 Å². The van der Waals surface area contributed by atoms with Crippen molar-refractivity contribution in [1.29, 1.82) is 0 Å². The second-order valence-electron chi connectivity index (χ2n) is 13.0. The fourth-order valence-corrected chi connectivity index (χ4v) is 5.82. The molecule has 6 rings (SSSR count). The van der Waals surface area contributed by atoms with Gasteiger partial charge < -0.3 is 29.2 Å². The summed E-state index contributed by atoms with van der Waals surface area (Å²) in [4.78, 5) is 19.2. The van der Waals surface area contributed by atoms with Crippen molar-refractivity contribution in [3.8, 4) is 23.0 Å². The van der Waals surface area contributed by atoms with Gasteiger partial charge in [-0.05, 0) is 62.6 Å². The van der Waals surface area contributed by atoms with Gasteiger partial charge in [-0.2, -0.15) is 10.1 Å². The Balaban J connectivity index is 1.23. The van der Waals surface area contributed by atoms with Crippen molar-refractivity contribution in [2.45, 2.75) is 58.2 Å². The minimum Gasteiger partial charge on any atom is -0.473 e. The van der Waals surface area contributed by atoms with Crippen LogP contribution in [0.15, 0.2) is 91.0 Å². The van der Waals surface area contributed by atoms with Crippen molar-refractivity contribution in [2.24, 2.45) is 7.05 Å². The molecule has 1 aliphatic rings. The lowest BCUT2D eigenvalue weighted by Gasteiger charge is -2.38. The quantitative estimate of drug-likeness (QED) is 0.169. The maximum atomic E-state index is 12.7. The molecule has 48 heavy (non-hydrogen) atoms. The van der Waals surface area contributed by atoms with Crippen LogP contribution in [0.3, 0.4) is 0 Å². The number of ether oxygens (including phenoxy) is 4. The first-order valence-corrected chi connectivity index (χ1v) is 16.3. The van der Waals surface area contributed by atoms with E-state index in [1.54, 1.807) is 12.0 Å². The normalized spacial score (nSPS) is 16.5. The van der Waals surface area contributed by atoms with Crippen LogP contribution in [0.1, 0.15) is 38.3 Å². The molecule has 1 N–H and O–H groups in total. The number of aryl methyl sites for hydroxylation is 1. The van der Waals surface area contributed by atoms with Gasteiger partial charge in [0.1, 0.15) is 24.5 Å². The van der Waals surface area contributed by atoms with Crippen LogP contribution in [0.4, 0.5) is 10.5 Å². The first-order valence-electron chi connectivity index (χ1n) is 16.3. The van der Waals surface area contributed by atoms with E-state index in [-0.39, 0.29) is 18.2 Å². The monoisotopic (exact) mass is 649 g/mol. The van der Waals surface area contributed by atoms with Crippen LogP contribution in [-0.4, -0.2) is 63.7 Å². The predicted octanol–water partition coefficient (Wildman–Crippen LogP) is 7.23. The number of likely N-dealkylation sites (tertiary alicyclic amines) is 1. The Labute approximate surface area is 281 Å². The van der Waals surface area contributed by atoms with E-state index in [1.807, 2.05) is 105 Å². The van der Waals surface area contributed by atoms with Crippen molar-refractivity contribution in [1.82, 2.24) is 19.7 Å². The molecule has 0 aliphatic carbocycles. The molecular weight excluding hydrogens is 606 g/mol. The molecule has 1 amide bonds. The Morgan fingerprint density at radius 3 is 2.27 bits per heavy atom. The van der Waals surface area contributed by atoms with Gasteiger partial charge in [0.2, 0.25) is 11.8 Å². The highest BCUT2D eigenvalue weighted by Crippen LogP contribution is 2.36. The van der Waals surface area contributed by atoms with Crippen LogP contribution in [0.2, 0.25) is 0 Å². The fourth-order valence-electron chi connectivity index (χ4n) is 5.82. The largest absolute Gasteiger partial charge is 0.473 e. The van der Waals surface area contributed by atoms with Crippen LogP contribution < -0.4 is 14.8 Å². The molecule has 2 atom stereocenters. The number of amides is 1. The molecule has 5 aromatic rings. The second-order valence-corrected chi connectivity index (χ2v) is 13.0. The molecule has 0 spiro atoms. The van der Waals surface area contributed by atoms with Crippen LogP contribution >= 0.6 is 0 Å². The number of rotatable bonds is 10. The fraction of sp³-hybridized carbons (Fsp3) is 0.342. The van der Waals surface area contributed by atoms with Crippen molar-refractivity contribution in [3.05, 3.63) is 102 Å². The zero-order valence-electron chi connectivity index (χ0n) is 28.2. The number of nitrogens with zero attached hydrogens (tertiary/aromatic N) is 4. The van der Waals surface area contributed by atoms with Crippen molar-refractivity contribution >= 4 is 22.7 Å². The molecule has 1 aliphatic heterocycles. The van der Waals surface area contributed by atoms with E-state index in [2.05, 4.69) is 23.5 Å². The Morgan fingerprint density at radius 2 is 1.60 bits per heavy atom. The van der Waals surface area contributed by atoms with Gasteiger partial charge in [-0.25, -0.2) is 4.79 Å². The SMILES string of the molecule is CO[C@@H]1CN(C(=O)OC(C)(C)C)CC[C@H]1Nc1ccc2c(-c3ccc(OCc4ccccc4)nc3OCc3ccccc3)nn(C)c2c1. The number of carbonyl (C=O) groups excluding carboxylic acids is 1. The Morgan fingerprint density at radius 1 is 0.917 bits per heavy atom. The number of carbonyl (C=O) groups is 1. The molecule has 10 nitrogen and oxygen atoms in total. The number of piperidine rings is 1. The van der Waals surface area contributed by atoms with Crippen LogP contribution in [0, 0.1) is 0 Å². The van der Waals surface area contributed by atoms with E-state index in [9.17, 15) is 4.79 Å². The zero-order valence-corrected chi connectivity index (χ0v) is 28.2. The maximum absolute atomic E-state index is 12.7. The third-order valence-electron chi connectivity index (χ3n) is 8.25. The van der Waals surface area contributed by atoms with E-state index < -0.39 is 5.60 Å². The molecule has 0 saturated carbocycles. The van der Waals surface area contributed by atoms with Gasteiger partial charge in [0.05, 0.1) is 29.8 Å². The number of aromatic nitrogens is 3. The third kappa shape index (κ3) is 7.88. The van der Waals surface area contributed by atoms with E-state index in [4.69, 9.17) is 29.0 Å². The molecule has 1 saturated heterocycles. The molecule has 0 radical (unpaired) electrons. The molecule has 1 fully saturated rings. The highest BCUT2D eigenvalue weighted by molar-refractivity contribution is 5.96. The minimum atomic E-state index is -0.546. The molecule has 0 unspecified atom stereocenters. The number of hydrogen-bond donors (Lipinski definition) is 1. The van der Waals surface area contributed by atoms with E-state index in [0.717, 1.165) is 45.4 Å². The summed E-state index contributed by atoms with van der Waals surface area (Å²) in [7, 11) is 3.61. The number of hydrogen-bond acceptors (Lipinski definition) is 8. The van der Waals surface area contributed by atoms with Gasteiger partial charge in [0.15, 0.2) is 0 Å². The number of pyridine rings is 1. The summed E-state index contributed by atoms with van der Waals surface area (Å²) in [5, 5.41) is 9.53. The van der Waals surface area contributed by atoms with E-state index in [0.29, 0.717) is 38.1 Å². The molecule has 3 aromatic carbocycles. The average molecular weight is 650 g/mol. The average Bonchev–Trinajstić information content (AvgIpc) is 3.41. The van der Waals surface area contributed by atoms with Crippen LogP contribution in [0.5, 0.6) is 11.8 Å². The number of methoxy groups -OCH3 is 1. The van der Waals surface area contributed by atoms with Gasteiger partial charge in [-0.3, -0.25) is 4.68 Å². The summed E-state index contributed by atoms with van der Waals surface area (Å²) >= 11 is 0. The van der Waals surface area contributed by atoms with E-state index in [1.165, 1.54) is 0 Å². The summed E-state index contributed by atoms with van der Waals surface area (Å²) in [5.74, 6) is 0.925. The molecule has 3 heterocycles. The van der Waals surface area contributed by atoms with E-state index >= 15 is 0 Å². The number of benzene rings is 3. The highest BCUT2D eigenvalue weighted by atomic mass is 16.6. The summed E-state index contributed by atoms with van der Waals surface area (Å²) in [6.07, 6.45) is 0.213. The first-order chi connectivity index (χ1) is 23.2. The van der Waals surface area contributed by atoms with Crippen LogP contribution in [0.25, 0.3) is 22.2 Å². The minimum absolute atomic E-state index is 0.0180. The van der Waals surface area contributed by atoms with Gasteiger partial charge in [0.25, 0.3) is 0 Å². The highest BCUT2D eigenvalue weighted by Gasteiger charge is 2.34. The van der Waals surface area contributed by atoms with Crippen molar-refractivity contribution in [2.75, 3.05) is 25.5 Å². The van der Waals surface area contributed by atoms with Gasteiger partial charge in [-0.15, -0.1) is 0 Å². The molecule has 250 valence electrons.